The highest BCUT2D eigenvalue weighted by molar-refractivity contribution is 7.90. The maximum atomic E-state index is 12.8. The first-order chi connectivity index (χ1) is 14.0. The lowest BCUT2D eigenvalue weighted by molar-refractivity contribution is -0.138. The molecule has 2 aromatic heterocycles. The lowest BCUT2D eigenvalue weighted by Gasteiger charge is -2.16. The summed E-state index contributed by atoms with van der Waals surface area (Å²) in [5.74, 6) is 0.473. The Balaban J connectivity index is 1.42. The molecule has 1 aliphatic heterocycles. The lowest BCUT2D eigenvalue weighted by atomic mass is 10.2. The van der Waals surface area contributed by atoms with Gasteiger partial charge in [-0.1, -0.05) is 12.1 Å². The molecular formula is C20H20N4O4S. The van der Waals surface area contributed by atoms with Crippen molar-refractivity contribution >= 4 is 34.0 Å². The second-order valence-electron chi connectivity index (χ2n) is 6.72. The first-order valence-electron chi connectivity index (χ1n) is 9.26. The number of para-hydroxylation sites is 2. The fourth-order valence-corrected chi connectivity index (χ4v) is 4.31. The molecular weight excluding hydrogens is 392 g/mol. The summed E-state index contributed by atoms with van der Waals surface area (Å²) in [7, 11) is 0. The largest absolute Gasteiger partial charge is 0.609 e. The number of aromatic nitrogens is 3. The summed E-state index contributed by atoms with van der Waals surface area (Å²) < 4.78 is 18.5. The number of pyridine rings is 1. The Kier molecular flexibility index (Phi) is 5.50. The number of nitrogens with one attached hydrogen (secondary N) is 1. The monoisotopic (exact) mass is 412 g/mol. The number of likely N-dealkylation sites (tertiary alicyclic amines) is 1. The first-order valence-corrected chi connectivity index (χ1v) is 10.6. The third-order valence-electron chi connectivity index (χ3n) is 4.84. The summed E-state index contributed by atoms with van der Waals surface area (Å²) >= 11 is -1.39. The van der Waals surface area contributed by atoms with E-state index in [4.69, 9.17) is 4.74 Å². The van der Waals surface area contributed by atoms with Crippen molar-refractivity contribution in [3.05, 3.63) is 47.8 Å². The van der Waals surface area contributed by atoms with Crippen LogP contribution in [0.5, 0.6) is 5.75 Å². The quantitative estimate of drug-likeness (QED) is 0.470. The lowest BCUT2D eigenvalue weighted by Crippen LogP contribution is -2.33. The molecule has 150 valence electrons. The maximum Gasteiger partial charge on any atom is 0.322 e. The van der Waals surface area contributed by atoms with E-state index in [9.17, 15) is 14.1 Å². The van der Waals surface area contributed by atoms with E-state index in [2.05, 4.69) is 15.0 Å². The minimum Gasteiger partial charge on any atom is -0.609 e. The fraction of sp³-hybridized carbons (Fsp3) is 0.300. The number of imidazole rings is 1. The number of nitrogens with zero attached hydrogens (tertiary/aromatic N) is 3. The van der Waals surface area contributed by atoms with Crippen molar-refractivity contribution in [2.75, 3.05) is 13.2 Å². The van der Waals surface area contributed by atoms with Gasteiger partial charge in [-0.05, 0) is 25.1 Å². The van der Waals surface area contributed by atoms with Crippen LogP contribution < -0.4 is 4.74 Å². The second-order valence-corrected chi connectivity index (χ2v) is 8.08. The number of imide groups is 1. The summed E-state index contributed by atoms with van der Waals surface area (Å²) in [6, 6.07) is 9.24. The summed E-state index contributed by atoms with van der Waals surface area (Å²) in [6.45, 7) is 2.27. The van der Waals surface area contributed by atoms with Crippen molar-refractivity contribution in [2.45, 2.75) is 30.7 Å². The molecule has 1 aliphatic rings. The molecule has 0 bridgehead atoms. The van der Waals surface area contributed by atoms with Gasteiger partial charge in [-0.2, -0.15) is 4.98 Å². The van der Waals surface area contributed by atoms with Crippen molar-refractivity contribution in [2.24, 2.45) is 0 Å². The van der Waals surface area contributed by atoms with Crippen LogP contribution in [0.3, 0.4) is 0 Å². The van der Waals surface area contributed by atoms with Crippen LogP contribution in [0.4, 0.5) is 0 Å². The number of carbonyl (C=O) groups is 2. The Morgan fingerprint density at radius 3 is 2.72 bits per heavy atom. The Hall–Kier alpha value is -2.91. The predicted molar refractivity (Wildman–Crippen MR) is 107 cm³/mol. The SMILES string of the molecule is Cc1c(OCCN2C(=O)CCC2=O)ccnc1C[S+]([O-])c1nc2ccccc2[nH]1. The van der Waals surface area contributed by atoms with Crippen LogP contribution in [-0.2, 0) is 26.5 Å². The van der Waals surface area contributed by atoms with Gasteiger partial charge >= 0.3 is 5.16 Å². The van der Waals surface area contributed by atoms with Crippen molar-refractivity contribution in [1.82, 2.24) is 19.9 Å². The molecule has 1 aromatic carbocycles. The molecule has 9 heteroatoms. The molecule has 1 N–H and O–H groups in total. The molecule has 0 aliphatic carbocycles. The molecule has 1 fully saturated rings. The van der Waals surface area contributed by atoms with Crippen molar-refractivity contribution in [3.63, 3.8) is 0 Å². The van der Waals surface area contributed by atoms with Crippen LogP contribution in [0.1, 0.15) is 24.1 Å². The molecule has 3 aromatic rings. The average Bonchev–Trinajstić information content (AvgIpc) is 3.29. The van der Waals surface area contributed by atoms with Gasteiger partial charge in [-0.15, -0.1) is 0 Å². The number of H-pyrrole nitrogens is 1. The number of aromatic amines is 1. The molecule has 3 heterocycles. The molecule has 8 nitrogen and oxygen atoms in total. The molecule has 0 radical (unpaired) electrons. The topological polar surface area (TPSA) is 111 Å². The number of hydrogen-bond acceptors (Lipinski definition) is 6. The van der Waals surface area contributed by atoms with Crippen LogP contribution >= 0.6 is 0 Å². The van der Waals surface area contributed by atoms with Gasteiger partial charge in [0, 0.05) is 35.8 Å². The van der Waals surface area contributed by atoms with Gasteiger partial charge in [0.15, 0.2) is 5.75 Å². The minimum atomic E-state index is -1.39. The van der Waals surface area contributed by atoms with Crippen LogP contribution in [0, 0.1) is 6.92 Å². The molecule has 1 saturated heterocycles. The molecule has 29 heavy (non-hydrogen) atoms. The number of amides is 2. The molecule has 1 atom stereocenters. The summed E-state index contributed by atoms with van der Waals surface area (Å²) in [6.07, 6.45) is 2.13. The Morgan fingerprint density at radius 1 is 1.21 bits per heavy atom. The maximum absolute atomic E-state index is 12.8. The molecule has 2 amide bonds. The summed E-state index contributed by atoms with van der Waals surface area (Å²) in [5.41, 5.74) is 3.03. The van der Waals surface area contributed by atoms with Crippen LogP contribution in [0.15, 0.2) is 41.7 Å². The highest BCUT2D eigenvalue weighted by atomic mass is 32.2. The van der Waals surface area contributed by atoms with E-state index >= 15 is 0 Å². The van der Waals surface area contributed by atoms with E-state index in [1.165, 1.54) is 4.90 Å². The smallest absolute Gasteiger partial charge is 0.322 e. The van der Waals surface area contributed by atoms with E-state index in [1.807, 2.05) is 31.2 Å². The van der Waals surface area contributed by atoms with Gasteiger partial charge in [-0.3, -0.25) is 24.5 Å². The number of carbonyl (C=O) groups excluding carboxylic acids is 2. The highest BCUT2D eigenvalue weighted by Gasteiger charge is 2.28. The Labute approximate surface area is 170 Å². The highest BCUT2D eigenvalue weighted by Crippen LogP contribution is 2.24. The van der Waals surface area contributed by atoms with Crippen molar-refractivity contribution in [1.29, 1.82) is 0 Å². The number of ether oxygens (including phenoxy) is 1. The molecule has 0 spiro atoms. The van der Waals surface area contributed by atoms with E-state index in [-0.39, 0.29) is 43.6 Å². The summed E-state index contributed by atoms with van der Waals surface area (Å²) in [5, 5.41) is 0.407. The summed E-state index contributed by atoms with van der Waals surface area (Å²) in [4.78, 5) is 36.4. The molecule has 4 rings (SSSR count). The predicted octanol–water partition coefficient (Wildman–Crippen LogP) is 2.10. The van der Waals surface area contributed by atoms with E-state index in [0.717, 1.165) is 16.6 Å². The van der Waals surface area contributed by atoms with Gasteiger partial charge < -0.3 is 9.29 Å². The van der Waals surface area contributed by atoms with Gasteiger partial charge in [-0.25, -0.2) is 0 Å². The van der Waals surface area contributed by atoms with E-state index in [1.54, 1.807) is 12.3 Å². The Bertz CT molecular complexity index is 1020. The van der Waals surface area contributed by atoms with E-state index in [0.29, 0.717) is 16.6 Å². The average molecular weight is 412 g/mol. The third kappa shape index (κ3) is 4.10. The van der Waals surface area contributed by atoms with Crippen LogP contribution in [0.25, 0.3) is 11.0 Å². The van der Waals surface area contributed by atoms with Gasteiger partial charge in [0.2, 0.25) is 11.8 Å². The van der Waals surface area contributed by atoms with Crippen molar-refractivity contribution in [3.8, 4) is 5.75 Å². The molecule has 1 unspecified atom stereocenters. The minimum absolute atomic E-state index is 0.160. The third-order valence-corrected chi connectivity index (χ3v) is 6.00. The van der Waals surface area contributed by atoms with Crippen LogP contribution in [-0.4, -0.2) is 49.4 Å². The van der Waals surface area contributed by atoms with Gasteiger partial charge in [0.25, 0.3) is 0 Å². The zero-order chi connectivity index (χ0) is 20.4. The second kappa shape index (κ2) is 8.22. The normalized spacial score (nSPS) is 15.3. The Morgan fingerprint density at radius 2 is 1.97 bits per heavy atom. The standard InChI is InChI=1S/C20H20N4O4S/c1-13-16(12-29(27)20-22-14-4-2-3-5-15(14)23-20)21-9-8-17(13)28-11-10-24-18(25)6-7-19(24)26/h2-5,8-9H,6-7,10-12H2,1H3,(H,22,23). The van der Waals surface area contributed by atoms with Crippen LogP contribution in [0.2, 0.25) is 0 Å². The number of fused-ring (bicyclic) bond motifs is 1. The number of benzene rings is 1. The first kappa shape index (κ1) is 19.4. The zero-order valence-corrected chi connectivity index (χ0v) is 16.7. The van der Waals surface area contributed by atoms with Gasteiger partial charge in [0.1, 0.15) is 12.4 Å². The fourth-order valence-electron chi connectivity index (χ4n) is 3.21. The van der Waals surface area contributed by atoms with Crippen molar-refractivity contribution < 1.29 is 18.9 Å². The zero-order valence-electron chi connectivity index (χ0n) is 15.9. The number of hydrogen-bond donors (Lipinski definition) is 1. The van der Waals surface area contributed by atoms with E-state index < -0.39 is 11.2 Å². The molecule has 0 saturated carbocycles. The van der Waals surface area contributed by atoms with Gasteiger partial charge in [0.05, 0.1) is 23.3 Å². The number of rotatable bonds is 7.